The standard InChI is InChI=1S/C23H33N.C22H31N.C21H29N.C20H27N/c1-3-5-7-8-10-12-21-15-18-23(24-19-21)22-16-13-20(14-17-22)11-9-6-4-2;1-3-5-7-8-9-11-20-14-17-22(23-18-20)21-15-12-19(13-16-21)10-6-4-2;1-3-5-6-7-8-10-19-13-16-21(22-17-19)20-14-11-18(9-4-2)12-15-20;1-3-5-6-7-8-9-18-12-15-20(21-16-18)19-13-10-17(4-2)11-14-19/h13-19H,3-12H2,1-2H3;12-18H,3-11H2,1-2H3;11-17H,3-10H2,1-2H3;10-16H,3-9H2,1-2H3. The largest absolute Gasteiger partial charge is 0.256 e. The van der Waals surface area contributed by atoms with Gasteiger partial charge in [-0.05, 0) is 159 Å². The van der Waals surface area contributed by atoms with Crippen LogP contribution in [-0.2, 0) is 51.4 Å². The van der Waals surface area contributed by atoms with Crippen molar-refractivity contribution in [3.8, 4) is 45.0 Å². The summed E-state index contributed by atoms with van der Waals surface area (Å²) in [7, 11) is 0. The van der Waals surface area contributed by atoms with E-state index in [1.165, 1.54) is 247 Å². The monoisotopic (exact) mass is 1210 g/mol. The Balaban J connectivity index is 0.000000218. The van der Waals surface area contributed by atoms with Crippen molar-refractivity contribution in [3.05, 3.63) is 215 Å². The molecular weight excluding hydrogens is 1090 g/mol. The third kappa shape index (κ3) is 30.5. The average Bonchev–Trinajstić information content (AvgIpc) is 3.25. The Morgan fingerprint density at radius 2 is 0.389 bits per heavy atom. The maximum atomic E-state index is 4.67. The van der Waals surface area contributed by atoms with Gasteiger partial charge in [0.25, 0.3) is 0 Å². The maximum absolute atomic E-state index is 4.67. The number of pyridine rings is 4. The van der Waals surface area contributed by atoms with Gasteiger partial charge in [0.1, 0.15) is 0 Å². The first-order chi connectivity index (χ1) is 44.3. The molecule has 0 bridgehead atoms. The van der Waals surface area contributed by atoms with Crippen molar-refractivity contribution in [2.45, 2.75) is 274 Å². The van der Waals surface area contributed by atoms with Crippen LogP contribution in [0.4, 0.5) is 0 Å². The second-order valence-corrected chi connectivity index (χ2v) is 25.3. The number of nitrogens with zero attached hydrogens (tertiary/aromatic N) is 4. The number of hydrogen-bond donors (Lipinski definition) is 0. The number of hydrogen-bond acceptors (Lipinski definition) is 4. The van der Waals surface area contributed by atoms with Gasteiger partial charge in [-0.2, -0.15) is 0 Å². The minimum absolute atomic E-state index is 1.08. The van der Waals surface area contributed by atoms with E-state index in [1.807, 2.05) is 6.20 Å². The van der Waals surface area contributed by atoms with Gasteiger partial charge in [0.2, 0.25) is 0 Å². The molecule has 0 aliphatic carbocycles. The van der Waals surface area contributed by atoms with Crippen molar-refractivity contribution in [2.75, 3.05) is 0 Å². The summed E-state index contributed by atoms with van der Waals surface area (Å²) in [6.45, 7) is 17.9. The van der Waals surface area contributed by atoms with Crippen LogP contribution in [0.2, 0.25) is 0 Å². The third-order valence-corrected chi connectivity index (χ3v) is 17.4. The van der Waals surface area contributed by atoms with E-state index in [0.717, 1.165) is 61.3 Å². The predicted octanol–water partition coefficient (Wildman–Crippen LogP) is 25.6. The Labute approximate surface area is 550 Å². The summed E-state index contributed by atoms with van der Waals surface area (Å²) in [5, 5.41) is 0. The third-order valence-electron chi connectivity index (χ3n) is 17.4. The molecular formula is C86H120N4. The molecule has 90 heavy (non-hydrogen) atoms. The zero-order valence-corrected chi connectivity index (χ0v) is 58.0. The van der Waals surface area contributed by atoms with Gasteiger partial charge in [-0.25, -0.2) is 0 Å². The minimum atomic E-state index is 1.08. The molecule has 484 valence electrons. The Bertz CT molecular complexity index is 2960. The van der Waals surface area contributed by atoms with Gasteiger partial charge >= 0.3 is 0 Å². The Morgan fingerprint density at radius 3 is 0.633 bits per heavy atom. The first-order valence-corrected chi connectivity index (χ1v) is 36.5. The van der Waals surface area contributed by atoms with E-state index in [9.17, 15) is 0 Å². The van der Waals surface area contributed by atoms with E-state index < -0.39 is 0 Å². The number of rotatable bonds is 38. The van der Waals surface area contributed by atoms with Gasteiger partial charge in [0.15, 0.2) is 0 Å². The molecule has 4 aromatic carbocycles. The smallest absolute Gasteiger partial charge is 0.0702 e. The summed E-state index contributed by atoms with van der Waals surface area (Å²) in [5.41, 5.74) is 20.3. The number of aryl methyl sites for hydroxylation is 8. The van der Waals surface area contributed by atoms with E-state index in [-0.39, 0.29) is 0 Å². The summed E-state index contributed by atoms with van der Waals surface area (Å²) in [6.07, 6.45) is 51.8. The Morgan fingerprint density at radius 1 is 0.178 bits per heavy atom. The molecule has 0 amide bonds. The molecule has 0 saturated carbocycles. The molecule has 8 rings (SSSR count). The van der Waals surface area contributed by atoms with E-state index >= 15 is 0 Å². The number of aromatic nitrogens is 4. The highest BCUT2D eigenvalue weighted by Gasteiger charge is 2.06. The molecule has 0 saturated heterocycles. The lowest BCUT2D eigenvalue weighted by molar-refractivity contribution is 0.632. The second-order valence-electron chi connectivity index (χ2n) is 25.3. The number of unbranched alkanes of at least 4 members (excludes halogenated alkanes) is 19. The van der Waals surface area contributed by atoms with Crippen molar-refractivity contribution in [1.29, 1.82) is 0 Å². The summed E-state index contributed by atoms with van der Waals surface area (Å²) in [5.74, 6) is 0. The Kier molecular flexibility index (Phi) is 39.1. The van der Waals surface area contributed by atoms with Crippen LogP contribution in [0.5, 0.6) is 0 Å². The maximum Gasteiger partial charge on any atom is 0.0702 e. The Hall–Kier alpha value is -6.52. The normalized spacial score (nSPS) is 10.8. The van der Waals surface area contributed by atoms with Crippen LogP contribution >= 0.6 is 0 Å². The van der Waals surface area contributed by atoms with E-state index in [0.29, 0.717) is 0 Å². The molecule has 8 aromatic rings. The van der Waals surface area contributed by atoms with E-state index in [4.69, 9.17) is 0 Å². The highest BCUT2D eigenvalue weighted by molar-refractivity contribution is 5.62. The fourth-order valence-corrected chi connectivity index (χ4v) is 11.4. The van der Waals surface area contributed by atoms with Crippen molar-refractivity contribution < 1.29 is 0 Å². The fourth-order valence-electron chi connectivity index (χ4n) is 11.4. The van der Waals surface area contributed by atoms with Crippen LogP contribution in [0.15, 0.2) is 170 Å². The average molecular weight is 1210 g/mol. The lowest BCUT2D eigenvalue weighted by atomic mass is 10.0. The van der Waals surface area contributed by atoms with Crippen molar-refractivity contribution >= 4 is 0 Å². The van der Waals surface area contributed by atoms with E-state index in [1.54, 1.807) is 0 Å². The molecule has 0 N–H and O–H groups in total. The molecule has 0 unspecified atom stereocenters. The van der Waals surface area contributed by atoms with Gasteiger partial charge < -0.3 is 0 Å². The summed E-state index contributed by atoms with van der Waals surface area (Å²) >= 11 is 0. The predicted molar refractivity (Wildman–Crippen MR) is 394 cm³/mol. The van der Waals surface area contributed by atoms with Gasteiger partial charge in [-0.3, -0.25) is 19.9 Å². The zero-order valence-electron chi connectivity index (χ0n) is 58.0. The van der Waals surface area contributed by atoms with Crippen molar-refractivity contribution in [3.63, 3.8) is 0 Å². The van der Waals surface area contributed by atoms with Crippen LogP contribution in [0.1, 0.15) is 267 Å². The molecule has 0 radical (unpaired) electrons. The van der Waals surface area contributed by atoms with Crippen molar-refractivity contribution in [1.82, 2.24) is 19.9 Å². The first-order valence-electron chi connectivity index (χ1n) is 36.5. The number of benzene rings is 4. The summed E-state index contributed by atoms with van der Waals surface area (Å²) in [6, 6.07) is 53.0. The molecule has 4 heterocycles. The molecule has 4 heteroatoms. The highest BCUT2D eigenvalue weighted by Crippen LogP contribution is 2.24. The lowest BCUT2D eigenvalue weighted by Gasteiger charge is -2.06. The topological polar surface area (TPSA) is 51.6 Å². The summed E-state index contributed by atoms with van der Waals surface area (Å²) < 4.78 is 0. The zero-order chi connectivity index (χ0) is 63.9. The highest BCUT2D eigenvalue weighted by atomic mass is 14.7. The molecule has 0 fully saturated rings. The lowest BCUT2D eigenvalue weighted by Crippen LogP contribution is -1.90. The second kappa shape index (κ2) is 47.4. The summed E-state index contributed by atoms with van der Waals surface area (Å²) in [4.78, 5) is 18.6. The molecule has 4 nitrogen and oxygen atoms in total. The molecule has 0 spiro atoms. The van der Waals surface area contributed by atoms with Crippen LogP contribution < -0.4 is 0 Å². The van der Waals surface area contributed by atoms with E-state index in [2.05, 4.69) is 240 Å². The van der Waals surface area contributed by atoms with Gasteiger partial charge in [-0.1, -0.05) is 305 Å². The van der Waals surface area contributed by atoms with Gasteiger partial charge in [0, 0.05) is 47.0 Å². The van der Waals surface area contributed by atoms with Crippen LogP contribution in [0.25, 0.3) is 45.0 Å². The van der Waals surface area contributed by atoms with Crippen molar-refractivity contribution in [2.24, 2.45) is 0 Å². The van der Waals surface area contributed by atoms with Crippen LogP contribution in [0.3, 0.4) is 0 Å². The fraction of sp³-hybridized carbons (Fsp3) is 0.488. The first kappa shape index (κ1) is 74.2. The molecule has 0 aliphatic heterocycles. The van der Waals surface area contributed by atoms with Gasteiger partial charge in [-0.15, -0.1) is 0 Å². The molecule has 0 atom stereocenters. The minimum Gasteiger partial charge on any atom is -0.256 e. The SMILES string of the molecule is CCCCCCCc1ccc(-c2ccc(CC)cc2)nc1.CCCCCCCc1ccc(-c2ccc(CCC)cc2)nc1.CCCCCCCc1ccc(-c2ccc(CCCC)cc2)nc1.CCCCCCCc1ccc(-c2ccc(CCCCC)cc2)nc1. The van der Waals surface area contributed by atoms with Gasteiger partial charge in [0.05, 0.1) is 22.8 Å². The molecule has 0 aliphatic rings. The molecule has 4 aromatic heterocycles. The van der Waals surface area contributed by atoms with Crippen LogP contribution in [0, 0.1) is 0 Å². The van der Waals surface area contributed by atoms with Crippen LogP contribution in [-0.4, -0.2) is 19.9 Å². The quantitative estimate of drug-likeness (QED) is 0.0362.